The lowest BCUT2D eigenvalue weighted by Gasteiger charge is -2.39. The molecule has 0 spiro atoms. The second-order valence-corrected chi connectivity index (χ2v) is 4.30. The maximum Gasteiger partial charge on any atom is 0.317 e. The first-order chi connectivity index (χ1) is 8.04. The Hall–Kier alpha value is -1.30. The third kappa shape index (κ3) is 4.22. The summed E-state index contributed by atoms with van der Waals surface area (Å²) in [6, 6.07) is 0.202. The number of carboxylic acids is 1. The van der Waals surface area contributed by atoms with Gasteiger partial charge < -0.3 is 15.3 Å². The highest BCUT2D eigenvalue weighted by molar-refractivity contribution is 5.75. The normalized spacial score (nSPS) is 21.3. The van der Waals surface area contributed by atoms with E-state index in [1.54, 1.807) is 4.90 Å². The minimum absolute atomic E-state index is 0.0315. The fourth-order valence-electron chi connectivity index (χ4n) is 2.04. The van der Waals surface area contributed by atoms with Gasteiger partial charge in [-0.3, -0.25) is 9.69 Å². The topological polar surface area (TPSA) is 72.9 Å². The van der Waals surface area contributed by atoms with E-state index in [1.165, 1.54) is 0 Å². The Morgan fingerprint density at radius 2 is 2.12 bits per heavy atom. The lowest BCUT2D eigenvalue weighted by molar-refractivity contribution is -0.136. The Bertz CT molecular complexity index is 283. The zero-order chi connectivity index (χ0) is 12.8. The van der Waals surface area contributed by atoms with Gasteiger partial charge in [-0.25, -0.2) is 4.79 Å². The van der Waals surface area contributed by atoms with E-state index in [0.29, 0.717) is 19.1 Å². The summed E-state index contributed by atoms with van der Waals surface area (Å²) in [6.07, 6.45) is -0.0315. The van der Waals surface area contributed by atoms with E-state index >= 15 is 0 Å². The lowest BCUT2D eigenvalue weighted by Crippen LogP contribution is -2.55. The Morgan fingerprint density at radius 1 is 1.41 bits per heavy atom. The summed E-state index contributed by atoms with van der Waals surface area (Å²) >= 11 is 0. The molecule has 1 fully saturated rings. The van der Waals surface area contributed by atoms with E-state index in [4.69, 9.17) is 5.11 Å². The summed E-state index contributed by atoms with van der Waals surface area (Å²) in [5.41, 5.74) is 0. The molecule has 2 N–H and O–H groups in total. The molecule has 98 valence electrons. The van der Waals surface area contributed by atoms with Gasteiger partial charge in [-0.1, -0.05) is 6.92 Å². The number of carboxylic acid groups (broad SMARTS) is 1. The van der Waals surface area contributed by atoms with E-state index in [2.05, 4.69) is 24.1 Å². The van der Waals surface area contributed by atoms with Gasteiger partial charge >= 0.3 is 12.0 Å². The summed E-state index contributed by atoms with van der Waals surface area (Å²) < 4.78 is 0. The number of rotatable bonds is 4. The highest BCUT2D eigenvalue weighted by atomic mass is 16.4. The first-order valence-electron chi connectivity index (χ1n) is 6.03. The van der Waals surface area contributed by atoms with E-state index in [-0.39, 0.29) is 19.0 Å². The highest BCUT2D eigenvalue weighted by Crippen LogP contribution is 2.08. The van der Waals surface area contributed by atoms with Crippen molar-refractivity contribution in [1.29, 1.82) is 0 Å². The lowest BCUT2D eigenvalue weighted by atomic mass is 10.2. The molecule has 0 aromatic heterocycles. The van der Waals surface area contributed by atoms with Crippen LogP contribution in [0.2, 0.25) is 0 Å². The fraction of sp³-hybridized carbons (Fsp3) is 0.818. The number of aliphatic carboxylic acids is 1. The van der Waals surface area contributed by atoms with Gasteiger partial charge in [0.15, 0.2) is 0 Å². The highest BCUT2D eigenvalue weighted by Gasteiger charge is 2.25. The molecule has 0 radical (unpaired) electrons. The van der Waals surface area contributed by atoms with Crippen LogP contribution in [0, 0.1) is 0 Å². The molecular formula is C11H21N3O3. The van der Waals surface area contributed by atoms with Crippen molar-refractivity contribution in [3.8, 4) is 0 Å². The molecule has 1 aliphatic heterocycles. The van der Waals surface area contributed by atoms with Crippen molar-refractivity contribution in [3.63, 3.8) is 0 Å². The maximum atomic E-state index is 11.7. The van der Waals surface area contributed by atoms with Crippen LogP contribution in [0.3, 0.4) is 0 Å². The van der Waals surface area contributed by atoms with Crippen LogP contribution in [0.25, 0.3) is 0 Å². The van der Waals surface area contributed by atoms with Crippen molar-refractivity contribution in [2.45, 2.75) is 26.3 Å². The maximum absolute atomic E-state index is 11.7. The fourth-order valence-corrected chi connectivity index (χ4v) is 2.04. The molecule has 0 aromatic carbocycles. The number of hydrogen-bond acceptors (Lipinski definition) is 3. The van der Waals surface area contributed by atoms with Crippen molar-refractivity contribution in [2.75, 3.05) is 32.7 Å². The van der Waals surface area contributed by atoms with Gasteiger partial charge in [0.05, 0.1) is 6.42 Å². The third-order valence-corrected chi connectivity index (χ3v) is 3.07. The molecule has 6 heteroatoms. The zero-order valence-corrected chi connectivity index (χ0v) is 10.5. The van der Waals surface area contributed by atoms with E-state index < -0.39 is 5.97 Å². The molecule has 1 saturated heterocycles. The molecule has 0 saturated carbocycles. The minimum Gasteiger partial charge on any atom is -0.481 e. The van der Waals surface area contributed by atoms with E-state index in [1.807, 2.05) is 0 Å². The van der Waals surface area contributed by atoms with Gasteiger partial charge in [-0.05, 0) is 13.5 Å². The average Bonchev–Trinajstić information content (AvgIpc) is 2.28. The first-order valence-corrected chi connectivity index (χ1v) is 6.03. The number of nitrogens with one attached hydrogen (secondary N) is 1. The monoisotopic (exact) mass is 243 g/mol. The van der Waals surface area contributed by atoms with Gasteiger partial charge in [0, 0.05) is 32.2 Å². The Balaban J connectivity index is 2.31. The minimum atomic E-state index is -0.894. The van der Waals surface area contributed by atoms with Crippen LogP contribution in [0.5, 0.6) is 0 Å². The van der Waals surface area contributed by atoms with Crippen molar-refractivity contribution >= 4 is 12.0 Å². The van der Waals surface area contributed by atoms with Crippen LogP contribution >= 0.6 is 0 Å². The number of nitrogens with zero attached hydrogens (tertiary/aromatic N) is 2. The first kappa shape index (κ1) is 13.8. The van der Waals surface area contributed by atoms with Crippen molar-refractivity contribution < 1.29 is 14.7 Å². The second kappa shape index (κ2) is 6.44. The largest absolute Gasteiger partial charge is 0.481 e. The molecule has 0 aromatic rings. The summed E-state index contributed by atoms with van der Waals surface area (Å²) in [4.78, 5) is 26.1. The summed E-state index contributed by atoms with van der Waals surface area (Å²) in [6.45, 7) is 7.68. The van der Waals surface area contributed by atoms with Gasteiger partial charge in [-0.15, -0.1) is 0 Å². The van der Waals surface area contributed by atoms with Gasteiger partial charge in [0.1, 0.15) is 0 Å². The van der Waals surface area contributed by atoms with Crippen molar-refractivity contribution in [3.05, 3.63) is 0 Å². The predicted molar refractivity (Wildman–Crippen MR) is 63.9 cm³/mol. The van der Waals surface area contributed by atoms with Gasteiger partial charge in [-0.2, -0.15) is 0 Å². The molecule has 6 nitrogen and oxygen atoms in total. The molecule has 1 heterocycles. The predicted octanol–water partition coefficient (Wildman–Crippen LogP) is 0.197. The summed E-state index contributed by atoms with van der Waals surface area (Å²) in [5.74, 6) is -0.894. The number of amides is 2. The standard InChI is InChI=1S/C11H21N3O3/c1-3-13-6-7-14(8-9(13)2)11(17)12-5-4-10(15)16/h9H,3-8H2,1-2H3,(H,12,17)(H,15,16). The Morgan fingerprint density at radius 3 is 2.65 bits per heavy atom. The SMILES string of the molecule is CCN1CCN(C(=O)NCCC(=O)O)CC1C. The Kier molecular flexibility index (Phi) is 5.21. The van der Waals surface area contributed by atoms with E-state index in [9.17, 15) is 9.59 Å². The third-order valence-electron chi connectivity index (χ3n) is 3.07. The molecule has 17 heavy (non-hydrogen) atoms. The molecule has 0 aliphatic carbocycles. The van der Waals surface area contributed by atoms with Gasteiger partial charge in [0.25, 0.3) is 0 Å². The molecular weight excluding hydrogens is 222 g/mol. The smallest absolute Gasteiger partial charge is 0.317 e. The molecule has 1 rings (SSSR count). The van der Waals surface area contributed by atoms with Gasteiger partial charge in [0.2, 0.25) is 0 Å². The number of urea groups is 1. The van der Waals surface area contributed by atoms with Crippen LogP contribution < -0.4 is 5.32 Å². The number of likely N-dealkylation sites (N-methyl/N-ethyl adjacent to an activating group) is 1. The Labute approximate surface area is 102 Å². The number of piperazine rings is 1. The number of carbonyl (C=O) groups is 2. The summed E-state index contributed by atoms with van der Waals surface area (Å²) in [5, 5.41) is 11.1. The molecule has 1 aliphatic rings. The van der Waals surface area contributed by atoms with Crippen LogP contribution in [-0.2, 0) is 4.79 Å². The molecule has 0 bridgehead atoms. The molecule has 1 atom stereocenters. The quantitative estimate of drug-likeness (QED) is 0.739. The van der Waals surface area contributed by atoms with Crippen LogP contribution in [0.4, 0.5) is 4.79 Å². The number of carbonyl (C=O) groups excluding carboxylic acids is 1. The molecule has 2 amide bonds. The van der Waals surface area contributed by atoms with E-state index in [0.717, 1.165) is 13.1 Å². The molecule has 1 unspecified atom stereocenters. The number of hydrogen-bond donors (Lipinski definition) is 2. The summed E-state index contributed by atoms with van der Waals surface area (Å²) in [7, 11) is 0. The van der Waals surface area contributed by atoms with Crippen molar-refractivity contribution in [1.82, 2.24) is 15.1 Å². The zero-order valence-electron chi connectivity index (χ0n) is 10.5. The van der Waals surface area contributed by atoms with Crippen LogP contribution in [0.15, 0.2) is 0 Å². The van der Waals surface area contributed by atoms with Crippen LogP contribution in [0.1, 0.15) is 20.3 Å². The second-order valence-electron chi connectivity index (χ2n) is 4.30. The average molecular weight is 243 g/mol. The van der Waals surface area contributed by atoms with Crippen molar-refractivity contribution in [2.24, 2.45) is 0 Å². The van der Waals surface area contributed by atoms with Crippen LogP contribution in [-0.4, -0.2) is 65.7 Å².